The van der Waals surface area contributed by atoms with Crippen molar-refractivity contribution in [3.8, 4) is 0 Å². The Labute approximate surface area is 115 Å². The van der Waals surface area contributed by atoms with Crippen molar-refractivity contribution < 1.29 is 14.3 Å². The second-order valence-corrected chi connectivity index (χ2v) is 4.57. The van der Waals surface area contributed by atoms with Crippen LogP contribution in [0.5, 0.6) is 0 Å². The summed E-state index contributed by atoms with van der Waals surface area (Å²) in [6.07, 6.45) is 1.74. The summed E-state index contributed by atoms with van der Waals surface area (Å²) >= 11 is 0. The second-order valence-electron chi connectivity index (χ2n) is 4.57. The number of benzene rings is 1. The quantitative estimate of drug-likeness (QED) is 0.728. The third-order valence-electron chi connectivity index (χ3n) is 3.31. The van der Waals surface area contributed by atoms with E-state index in [2.05, 4.69) is 4.98 Å². The molecule has 0 atom stereocenters. The van der Waals surface area contributed by atoms with Gasteiger partial charge in [-0.05, 0) is 31.2 Å². The van der Waals surface area contributed by atoms with Crippen LogP contribution in [0.2, 0.25) is 0 Å². The van der Waals surface area contributed by atoms with Crippen LogP contribution in [-0.4, -0.2) is 28.0 Å². The Bertz CT molecular complexity index is 826. The lowest BCUT2D eigenvalue weighted by molar-refractivity contribution is 0.0520. The van der Waals surface area contributed by atoms with Gasteiger partial charge in [0.05, 0.1) is 12.1 Å². The fourth-order valence-corrected chi connectivity index (χ4v) is 2.42. The molecule has 2 heterocycles. The minimum Gasteiger partial charge on any atom is -0.461 e. The number of carbonyl (C=O) groups excluding carboxylic acids is 2. The first-order chi connectivity index (χ1) is 9.61. The number of nitrogens with one attached hydrogen (secondary N) is 1. The highest BCUT2D eigenvalue weighted by Gasteiger charge is 2.14. The molecule has 102 valence electrons. The van der Waals surface area contributed by atoms with Crippen molar-refractivity contribution in [2.45, 2.75) is 13.8 Å². The van der Waals surface area contributed by atoms with E-state index in [0.29, 0.717) is 12.3 Å². The molecule has 0 aliphatic rings. The largest absolute Gasteiger partial charge is 0.461 e. The van der Waals surface area contributed by atoms with Crippen molar-refractivity contribution in [1.29, 1.82) is 0 Å². The van der Waals surface area contributed by atoms with E-state index < -0.39 is 0 Å². The highest BCUT2D eigenvalue weighted by molar-refractivity contribution is 6.10. The van der Waals surface area contributed by atoms with Gasteiger partial charge in [0, 0.05) is 29.4 Å². The average Bonchev–Trinajstić information content (AvgIpc) is 3.01. The van der Waals surface area contributed by atoms with E-state index in [1.54, 1.807) is 23.8 Å². The number of fused-ring (bicyclic) bond motifs is 3. The summed E-state index contributed by atoms with van der Waals surface area (Å²) in [6.45, 7) is 3.63. The standard InChI is InChI=1S/C15H14N2O3/c1-3-20-15(19)13-8-11-10-6-7-17(9(2)18)14(10)5-4-12(11)16-13/h4-8,16H,3H2,1-2H3. The van der Waals surface area contributed by atoms with Crippen molar-refractivity contribution in [3.63, 3.8) is 0 Å². The van der Waals surface area contributed by atoms with Crippen LogP contribution < -0.4 is 0 Å². The van der Waals surface area contributed by atoms with Gasteiger partial charge in [0.1, 0.15) is 5.69 Å². The molecule has 20 heavy (non-hydrogen) atoms. The smallest absolute Gasteiger partial charge is 0.354 e. The van der Waals surface area contributed by atoms with Gasteiger partial charge in [-0.25, -0.2) is 4.79 Å². The zero-order valence-electron chi connectivity index (χ0n) is 11.3. The topological polar surface area (TPSA) is 64.1 Å². The van der Waals surface area contributed by atoms with Crippen molar-refractivity contribution in [1.82, 2.24) is 9.55 Å². The van der Waals surface area contributed by atoms with E-state index in [1.165, 1.54) is 6.92 Å². The van der Waals surface area contributed by atoms with E-state index in [-0.39, 0.29) is 11.9 Å². The van der Waals surface area contributed by atoms with Crippen LogP contribution in [0.15, 0.2) is 30.5 Å². The van der Waals surface area contributed by atoms with Gasteiger partial charge >= 0.3 is 5.97 Å². The fraction of sp³-hybridized carbons (Fsp3) is 0.200. The molecule has 0 fully saturated rings. The van der Waals surface area contributed by atoms with Gasteiger partial charge in [-0.3, -0.25) is 9.36 Å². The number of esters is 1. The molecule has 0 spiro atoms. The molecule has 0 radical (unpaired) electrons. The third kappa shape index (κ3) is 1.79. The van der Waals surface area contributed by atoms with Gasteiger partial charge in [-0.2, -0.15) is 0 Å². The maximum absolute atomic E-state index is 11.8. The van der Waals surface area contributed by atoms with Gasteiger partial charge in [0.15, 0.2) is 0 Å². The molecular weight excluding hydrogens is 256 g/mol. The van der Waals surface area contributed by atoms with Gasteiger partial charge in [-0.15, -0.1) is 0 Å². The first-order valence-electron chi connectivity index (χ1n) is 6.42. The summed E-state index contributed by atoms with van der Waals surface area (Å²) in [5.41, 5.74) is 2.10. The van der Waals surface area contributed by atoms with E-state index >= 15 is 0 Å². The lowest BCUT2D eigenvalue weighted by atomic mass is 10.1. The number of aromatic amines is 1. The molecule has 2 aromatic heterocycles. The van der Waals surface area contributed by atoms with Crippen LogP contribution in [0.3, 0.4) is 0 Å². The number of carbonyl (C=O) groups is 2. The summed E-state index contributed by atoms with van der Waals surface area (Å²) in [5.74, 6) is -0.414. The molecule has 0 aliphatic heterocycles. The summed E-state index contributed by atoms with van der Waals surface area (Å²) in [6, 6.07) is 7.37. The van der Waals surface area contributed by atoms with E-state index in [1.807, 2.05) is 18.2 Å². The van der Waals surface area contributed by atoms with Crippen molar-refractivity contribution >= 4 is 33.7 Å². The molecule has 0 amide bonds. The van der Waals surface area contributed by atoms with Crippen molar-refractivity contribution in [3.05, 3.63) is 36.2 Å². The number of H-pyrrole nitrogens is 1. The fourth-order valence-electron chi connectivity index (χ4n) is 2.42. The van der Waals surface area contributed by atoms with E-state index in [0.717, 1.165) is 21.8 Å². The molecule has 3 aromatic rings. The Morgan fingerprint density at radius 3 is 2.75 bits per heavy atom. The first-order valence-corrected chi connectivity index (χ1v) is 6.42. The molecular formula is C15H14N2O3. The molecule has 1 N–H and O–H groups in total. The SMILES string of the molecule is CCOC(=O)c1cc2c(ccc3c2ccn3C(C)=O)[nH]1. The van der Waals surface area contributed by atoms with Gasteiger partial charge in [0.25, 0.3) is 0 Å². The maximum Gasteiger partial charge on any atom is 0.354 e. The minimum absolute atomic E-state index is 0.0412. The predicted molar refractivity (Wildman–Crippen MR) is 76.1 cm³/mol. The van der Waals surface area contributed by atoms with Crippen LogP contribution in [0.25, 0.3) is 21.8 Å². The monoisotopic (exact) mass is 270 g/mol. The van der Waals surface area contributed by atoms with Gasteiger partial charge < -0.3 is 9.72 Å². The first kappa shape index (κ1) is 12.5. The molecule has 0 bridgehead atoms. The van der Waals surface area contributed by atoms with Crippen LogP contribution >= 0.6 is 0 Å². The molecule has 0 saturated heterocycles. The Hall–Kier alpha value is -2.56. The normalized spacial score (nSPS) is 11.1. The molecule has 0 unspecified atom stereocenters. The summed E-state index contributed by atoms with van der Waals surface area (Å²) < 4.78 is 6.57. The number of rotatable bonds is 2. The molecule has 0 saturated carbocycles. The summed E-state index contributed by atoms with van der Waals surface area (Å²) in [5, 5.41) is 1.84. The second kappa shape index (κ2) is 4.52. The summed E-state index contributed by atoms with van der Waals surface area (Å²) in [7, 11) is 0. The lowest BCUT2D eigenvalue weighted by Crippen LogP contribution is -2.04. The van der Waals surface area contributed by atoms with Crippen molar-refractivity contribution in [2.24, 2.45) is 0 Å². The van der Waals surface area contributed by atoms with E-state index in [9.17, 15) is 9.59 Å². The number of hydrogen-bond acceptors (Lipinski definition) is 3. The molecule has 1 aromatic carbocycles. The maximum atomic E-state index is 11.8. The highest BCUT2D eigenvalue weighted by Crippen LogP contribution is 2.27. The zero-order valence-corrected chi connectivity index (χ0v) is 11.3. The Balaban J connectivity index is 2.21. The molecule has 5 nitrogen and oxygen atoms in total. The number of hydrogen-bond donors (Lipinski definition) is 1. The number of aromatic nitrogens is 2. The van der Waals surface area contributed by atoms with Crippen LogP contribution in [-0.2, 0) is 4.74 Å². The van der Waals surface area contributed by atoms with E-state index in [4.69, 9.17) is 4.74 Å². The predicted octanol–water partition coefficient (Wildman–Crippen LogP) is 2.96. The molecule has 0 aliphatic carbocycles. The van der Waals surface area contributed by atoms with Gasteiger partial charge in [0.2, 0.25) is 5.91 Å². The molecule has 5 heteroatoms. The Morgan fingerprint density at radius 1 is 1.25 bits per heavy atom. The van der Waals surface area contributed by atoms with Crippen LogP contribution in [0, 0.1) is 0 Å². The lowest BCUT2D eigenvalue weighted by Gasteiger charge is -1.99. The number of nitrogens with zero attached hydrogens (tertiary/aromatic N) is 1. The van der Waals surface area contributed by atoms with Gasteiger partial charge in [-0.1, -0.05) is 0 Å². The van der Waals surface area contributed by atoms with Crippen LogP contribution in [0.1, 0.15) is 29.1 Å². The number of ether oxygens (including phenoxy) is 1. The Morgan fingerprint density at radius 2 is 2.05 bits per heavy atom. The zero-order chi connectivity index (χ0) is 14.3. The Kier molecular flexibility index (Phi) is 2.82. The van der Waals surface area contributed by atoms with Crippen LogP contribution in [0.4, 0.5) is 0 Å². The summed E-state index contributed by atoms with van der Waals surface area (Å²) in [4.78, 5) is 26.3. The third-order valence-corrected chi connectivity index (χ3v) is 3.31. The highest BCUT2D eigenvalue weighted by atomic mass is 16.5. The van der Waals surface area contributed by atoms with Crippen molar-refractivity contribution in [2.75, 3.05) is 6.61 Å². The molecule has 3 rings (SSSR count). The average molecular weight is 270 g/mol. The minimum atomic E-state index is -0.372.